The molecule has 0 unspecified atom stereocenters. The van der Waals surface area contributed by atoms with Gasteiger partial charge in [0.25, 0.3) is 0 Å². The first-order valence-electron chi connectivity index (χ1n) is 7.20. The molecule has 0 aromatic heterocycles. The van der Waals surface area contributed by atoms with E-state index < -0.39 is 16.5 Å². The Morgan fingerprint density at radius 3 is 1.18 bits per heavy atom. The van der Waals surface area contributed by atoms with Crippen molar-refractivity contribution in [3.05, 3.63) is 27.4 Å². The number of allylic oxidation sites excluding steroid dienone is 4. The minimum atomic E-state index is -1.11. The van der Waals surface area contributed by atoms with Crippen LogP contribution in [0.15, 0.2) is 16.7 Å². The van der Waals surface area contributed by atoms with Gasteiger partial charge in [-0.1, -0.05) is 88.9 Å². The Morgan fingerprint density at radius 2 is 1.14 bits per heavy atom. The van der Waals surface area contributed by atoms with E-state index in [1.165, 1.54) is 16.7 Å². The summed E-state index contributed by atoms with van der Waals surface area (Å²) in [6.07, 6.45) is 3.44. The van der Waals surface area contributed by atoms with Crippen molar-refractivity contribution in [1.29, 1.82) is 0 Å². The van der Waals surface area contributed by atoms with Gasteiger partial charge in [-0.15, -0.1) is 31.7 Å². The molecule has 1 aliphatic rings. The van der Waals surface area contributed by atoms with Gasteiger partial charge in [0.05, 0.1) is 0 Å². The summed E-state index contributed by atoms with van der Waals surface area (Å²) in [5, 5.41) is 0. The maximum absolute atomic E-state index is 4.82. The Morgan fingerprint density at radius 1 is 0.818 bits per heavy atom. The molecule has 1 nitrogen and oxygen atoms in total. The zero-order chi connectivity index (χ0) is 15.6. The van der Waals surface area contributed by atoms with Crippen LogP contribution in [0.1, 0.15) is 34.6 Å². The fourth-order valence-corrected chi connectivity index (χ4v) is 10.5. The van der Waals surface area contributed by atoms with Crippen LogP contribution in [0.25, 0.3) is 4.65 Å². The summed E-state index contributed by atoms with van der Waals surface area (Å²) in [6, 6.07) is 0. The van der Waals surface area contributed by atoms with Crippen LogP contribution in [0.3, 0.4) is 0 Å². The Labute approximate surface area is 169 Å². The van der Waals surface area contributed by atoms with Gasteiger partial charge < -0.3 is 4.65 Å². The van der Waals surface area contributed by atoms with Gasteiger partial charge in [0.1, 0.15) is 0 Å². The Bertz CT molecular complexity index is 380. The minimum Gasteiger partial charge on any atom is -0.668 e. The zero-order valence-corrected chi connectivity index (χ0v) is 21.5. The average molecular weight is 416 g/mol. The average Bonchev–Trinajstić information content (AvgIpc) is 2.24. The number of hydrogen-bond donors (Lipinski definition) is 0. The third-order valence-corrected chi connectivity index (χ3v) is 8.60. The summed E-state index contributed by atoms with van der Waals surface area (Å²) in [4.78, 5) is 0. The van der Waals surface area contributed by atoms with Crippen molar-refractivity contribution in [2.24, 2.45) is 5.41 Å². The minimum absolute atomic E-state index is 0. The van der Waals surface area contributed by atoms with Crippen molar-refractivity contribution in [2.45, 2.75) is 73.9 Å². The number of nitrogens with zero attached hydrogens (tertiary/aromatic N) is 1. The third kappa shape index (κ3) is 12.6. The molecule has 0 bridgehead atoms. The first-order valence-corrected chi connectivity index (χ1v) is 14.1. The molecule has 130 valence electrons. The maximum atomic E-state index is 4.82. The van der Waals surface area contributed by atoms with Crippen molar-refractivity contribution in [3.63, 3.8) is 0 Å². The van der Waals surface area contributed by atoms with Crippen LogP contribution in [0.4, 0.5) is 0 Å². The maximum Gasteiger partial charge on any atom is 2.00 e. The second-order valence-corrected chi connectivity index (χ2v) is 17.7. The van der Waals surface area contributed by atoms with Gasteiger partial charge >= 0.3 is 21.7 Å². The normalized spacial score (nSPS) is 16.4. The van der Waals surface area contributed by atoms with Gasteiger partial charge in [-0.05, 0) is 0 Å². The van der Waals surface area contributed by atoms with E-state index in [-0.39, 0.29) is 51.9 Å². The second-order valence-electron chi connectivity index (χ2n) is 8.08. The molecule has 0 aliphatic heterocycles. The molecular formula is C16H35Cl2NSi2Ti. The Kier molecular flexibility index (Phi) is 15.4. The van der Waals surface area contributed by atoms with E-state index in [2.05, 4.69) is 80.0 Å². The van der Waals surface area contributed by atoms with Gasteiger partial charge in [0.2, 0.25) is 0 Å². The summed E-state index contributed by atoms with van der Waals surface area (Å²) in [5.41, 5.74) is 4.39. The quantitative estimate of drug-likeness (QED) is 0.340. The van der Waals surface area contributed by atoms with Crippen molar-refractivity contribution in [1.82, 2.24) is 0 Å². The van der Waals surface area contributed by atoms with Crippen molar-refractivity contribution in [2.75, 3.05) is 0 Å². The van der Waals surface area contributed by atoms with Gasteiger partial charge in [0, 0.05) is 0 Å². The first kappa shape index (κ1) is 31.0. The van der Waals surface area contributed by atoms with E-state index in [4.69, 9.17) is 4.65 Å². The predicted molar refractivity (Wildman–Crippen MR) is 109 cm³/mol. The molecule has 0 N–H and O–H groups in total. The Balaban J connectivity index is -0.000000130. The van der Waals surface area contributed by atoms with Gasteiger partial charge in [-0.2, -0.15) is 11.1 Å². The van der Waals surface area contributed by atoms with Crippen LogP contribution in [0.5, 0.6) is 0 Å². The molecule has 6 heteroatoms. The van der Waals surface area contributed by atoms with Crippen LogP contribution < -0.4 is 0 Å². The smallest absolute Gasteiger partial charge is 0.668 e. The van der Waals surface area contributed by atoms with Gasteiger partial charge in [-0.3, -0.25) is 6.08 Å². The summed E-state index contributed by atoms with van der Waals surface area (Å²) in [6.45, 7) is 24.7. The summed E-state index contributed by atoms with van der Waals surface area (Å²) < 4.78 is 4.82. The zero-order valence-electron chi connectivity index (χ0n) is 16.3. The van der Waals surface area contributed by atoms with E-state index in [0.717, 1.165) is 0 Å². The Hall–Kier alpha value is 1.17. The van der Waals surface area contributed by atoms with Gasteiger partial charge in [0.15, 0.2) is 0 Å². The SMILES string of the molecule is CC1=[C-]C(C)(C)C(C)=C1C.C[Si](C)(C)[N-][Si](C)(C)C.Cl.Cl.[Ti+2]. The summed E-state index contributed by atoms with van der Waals surface area (Å²) in [5.74, 6) is 0. The molecule has 0 saturated carbocycles. The molecule has 0 aromatic rings. The van der Waals surface area contributed by atoms with E-state index in [1.54, 1.807) is 0 Å². The third-order valence-electron chi connectivity index (χ3n) is 3.23. The van der Waals surface area contributed by atoms with Crippen molar-refractivity contribution in [3.8, 4) is 0 Å². The van der Waals surface area contributed by atoms with E-state index >= 15 is 0 Å². The van der Waals surface area contributed by atoms with Crippen molar-refractivity contribution >= 4 is 41.3 Å². The standard InChI is InChI=1S/C10H15.C6H18NSi2.2ClH.Ti/c1-7-6-10(4,5)9(3)8(7)2;1-8(2,3)7-9(4,5)6;;;/h1-5H3;1-6H3;2*1H;/q2*-1;;;+2. The topological polar surface area (TPSA) is 14.1 Å². The summed E-state index contributed by atoms with van der Waals surface area (Å²) >= 11 is 0. The van der Waals surface area contributed by atoms with E-state index in [9.17, 15) is 0 Å². The molecule has 0 amide bonds. The number of hydrogen-bond acceptors (Lipinski definition) is 0. The van der Waals surface area contributed by atoms with Crippen LogP contribution in [0, 0.1) is 11.5 Å². The fourth-order valence-electron chi connectivity index (χ4n) is 2.41. The van der Waals surface area contributed by atoms with E-state index in [1.807, 2.05) is 0 Å². The second kappa shape index (κ2) is 10.9. The van der Waals surface area contributed by atoms with Gasteiger partial charge in [-0.25, -0.2) is 5.57 Å². The largest absolute Gasteiger partial charge is 2.00 e. The molecule has 1 rings (SSSR count). The molecule has 1 aliphatic carbocycles. The molecule has 0 heterocycles. The van der Waals surface area contributed by atoms with Crippen LogP contribution in [-0.4, -0.2) is 16.5 Å². The monoisotopic (exact) mass is 415 g/mol. The van der Waals surface area contributed by atoms with E-state index in [0.29, 0.717) is 0 Å². The molecule has 0 radical (unpaired) electrons. The number of rotatable bonds is 2. The van der Waals surface area contributed by atoms with Crippen molar-refractivity contribution < 1.29 is 21.7 Å². The molecule has 0 spiro atoms. The molecule has 0 aromatic carbocycles. The fraction of sp³-hybridized carbons (Fsp3) is 0.750. The predicted octanol–water partition coefficient (Wildman–Crippen LogP) is 6.98. The molecule has 0 saturated heterocycles. The summed E-state index contributed by atoms with van der Waals surface area (Å²) in [7, 11) is -2.21. The van der Waals surface area contributed by atoms with Crippen LogP contribution in [-0.2, 0) is 21.7 Å². The van der Waals surface area contributed by atoms with Crippen LogP contribution in [0.2, 0.25) is 39.3 Å². The number of halogens is 2. The molecule has 0 fully saturated rings. The molecular weight excluding hydrogens is 381 g/mol. The van der Waals surface area contributed by atoms with Crippen LogP contribution >= 0.6 is 24.8 Å². The molecule has 0 atom stereocenters. The molecule has 22 heavy (non-hydrogen) atoms. The first-order chi connectivity index (χ1) is 8.16.